The van der Waals surface area contributed by atoms with Crippen LogP contribution in [0.2, 0.25) is 0 Å². The van der Waals surface area contributed by atoms with Gasteiger partial charge in [0.1, 0.15) is 0 Å². The molecule has 146 valence electrons. The molecule has 2 bridgehead atoms. The molecule has 2 atom stereocenters. The molecule has 0 radical (unpaired) electrons. The Bertz CT molecular complexity index is 1140. The maximum atomic E-state index is 13.3. The van der Waals surface area contributed by atoms with Crippen molar-refractivity contribution in [2.75, 3.05) is 24.2 Å². The molecule has 0 spiro atoms. The van der Waals surface area contributed by atoms with E-state index in [-0.39, 0.29) is 28.2 Å². The average molecular weight is 418 g/mol. The largest absolute Gasteiger partial charge is 0.324 e. The number of rotatable bonds is 2. The SMILES string of the molecule is O=C1CSc2ccc(S(=O)(=O)N3C[C@H]4C[C@@H](C3)c3cccc(=O)n3C4)cc2N1. The van der Waals surface area contributed by atoms with Crippen LogP contribution in [0.5, 0.6) is 0 Å². The van der Waals surface area contributed by atoms with Gasteiger partial charge in [-0.1, -0.05) is 6.07 Å². The van der Waals surface area contributed by atoms with Crippen LogP contribution in [0.3, 0.4) is 0 Å². The summed E-state index contributed by atoms with van der Waals surface area (Å²) >= 11 is 1.41. The first-order chi connectivity index (χ1) is 13.4. The van der Waals surface area contributed by atoms with Gasteiger partial charge >= 0.3 is 0 Å². The fourth-order valence-corrected chi connectivity index (χ4v) is 6.80. The summed E-state index contributed by atoms with van der Waals surface area (Å²) in [7, 11) is -3.68. The highest BCUT2D eigenvalue weighted by Gasteiger charge is 2.39. The summed E-state index contributed by atoms with van der Waals surface area (Å²) in [5.74, 6) is 0.354. The standard InChI is InChI=1S/C19H19N3O4S2/c23-18-11-27-17-5-4-14(7-15(17)20-18)28(25,26)21-8-12-6-13(10-21)16-2-1-3-19(24)22(16)9-12/h1-5,7,12-13H,6,8-11H2,(H,20,23)/t12-,13+/m1/s1. The minimum atomic E-state index is -3.68. The zero-order chi connectivity index (χ0) is 19.5. The number of hydrogen-bond donors (Lipinski definition) is 1. The maximum absolute atomic E-state index is 13.3. The van der Waals surface area contributed by atoms with Crippen molar-refractivity contribution in [1.82, 2.24) is 8.87 Å². The summed E-state index contributed by atoms with van der Waals surface area (Å²) in [4.78, 5) is 24.9. The fraction of sp³-hybridized carbons (Fsp3) is 0.368. The van der Waals surface area contributed by atoms with Crippen LogP contribution in [0.1, 0.15) is 18.0 Å². The molecule has 1 aromatic carbocycles. The Morgan fingerprint density at radius 2 is 1.93 bits per heavy atom. The Hall–Kier alpha value is -2.10. The van der Waals surface area contributed by atoms with E-state index in [2.05, 4.69) is 5.32 Å². The van der Waals surface area contributed by atoms with Crippen molar-refractivity contribution in [2.24, 2.45) is 5.92 Å². The van der Waals surface area contributed by atoms with Crippen molar-refractivity contribution >= 4 is 33.4 Å². The summed E-state index contributed by atoms with van der Waals surface area (Å²) in [6.45, 7) is 1.31. The van der Waals surface area contributed by atoms with Gasteiger partial charge in [-0.3, -0.25) is 9.59 Å². The zero-order valence-corrected chi connectivity index (χ0v) is 16.6. The Kier molecular flexibility index (Phi) is 4.15. The van der Waals surface area contributed by atoms with E-state index >= 15 is 0 Å². The number of nitrogens with one attached hydrogen (secondary N) is 1. The van der Waals surface area contributed by atoms with E-state index in [1.54, 1.807) is 34.9 Å². The highest BCUT2D eigenvalue weighted by Crippen LogP contribution is 2.38. The number of amides is 1. The third-order valence-electron chi connectivity index (χ3n) is 5.67. The lowest BCUT2D eigenvalue weighted by molar-refractivity contribution is -0.113. The fourth-order valence-electron chi connectivity index (χ4n) is 4.42. The normalized spacial score (nSPS) is 24.2. The Balaban J connectivity index is 1.48. The minimum absolute atomic E-state index is 0.0176. The van der Waals surface area contributed by atoms with Gasteiger partial charge in [0.05, 0.1) is 16.3 Å². The third-order valence-corrected chi connectivity index (χ3v) is 8.57. The number of carbonyl (C=O) groups excluding carboxylic acids is 1. The van der Waals surface area contributed by atoms with Gasteiger partial charge in [-0.15, -0.1) is 11.8 Å². The number of hydrogen-bond acceptors (Lipinski definition) is 5. The molecule has 0 unspecified atom stereocenters. The predicted molar refractivity (Wildman–Crippen MR) is 106 cm³/mol. The van der Waals surface area contributed by atoms with E-state index in [4.69, 9.17) is 0 Å². The molecule has 0 aliphatic carbocycles. The second kappa shape index (κ2) is 6.47. The van der Waals surface area contributed by atoms with Gasteiger partial charge in [-0.05, 0) is 36.6 Å². The number of benzene rings is 1. The first-order valence-corrected chi connectivity index (χ1v) is 11.6. The van der Waals surface area contributed by atoms with E-state index in [0.717, 1.165) is 17.0 Å². The lowest BCUT2D eigenvalue weighted by atomic mass is 9.84. The molecule has 9 heteroatoms. The van der Waals surface area contributed by atoms with Crippen LogP contribution < -0.4 is 10.9 Å². The van der Waals surface area contributed by atoms with Crippen LogP contribution in [-0.4, -0.2) is 42.0 Å². The summed E-state index contributed by atoms with van der Waals surface area (Å²) in [6.07, 6.45) is 0.895. The molecule has 1 aromatic heterocycles. The summed E-state index contributed by atoms with van der Waals surface area (Å²) in [5, 5.41) is 2.75. The monoisotopic (exact) mass is 417 g/mol. The van der Waals surface area contributed by atoms with Gasteiger partial charge in [0.2, 0.25) is 15.9 Å². The van der Waals surface area contributed by atoms with Crippen LogP contribution in [0.15, 0.2) is 51.0 Å². The van der Waals surface area contributed by atoms with Gasteiger partial charge in [-0.25, -0.2) is 8.42 Å². The summed E-state index contributed by atoms with van der Waals surface area (Å²) < 4.78 is 29.9. The first-order valence-electron chi connectivity index (χ1n) is 9.18. The molecule has 1 amide bonds. The average Bonchev–Trinajstić information content (AvgIpc) is 2.68. The number of fused-ring (bicyclic) bond motifs is 5. The number of thioether (sulfide) groups is 1. The topological polar surface area (TPSA) is 88.5 Å². The van der Waals surface area contributed by atoms with Gasteiger partial charge in [-0.2, -0.15) is 4.31 Å². The molecule has 1 saturated heterocycles. The van der Waals surface area contributed by atoms with E-state index in [1.807, 2.05) is 6.07 Å². The van der Waals surface area contributed by atoms with Crippen molar-refractivity contribution in [3.05, 3.63) is 52.4 Å². The zero-order valence-electron chi connectivity index (χ0n) is 15.0. The maximum Gasteiger partial charge on any atom is 0.250 e. The number of piperidine rings is 1. The highest BCUT2D eigenvalue weighted by molar-refractivity contribution is 8.00. The van der Waals surface area contributed by atoms with Crippen molar-refractivity contribution < 1.29 is 13.2 Å². The number of nitrogens with zero attached hydrogens (tertiary/aromatic N) is 2. The second-order valence-electron chi connectivity index (χ2n) is 7.51. The second-order valence-corrected chi connectivity index (χ2v) is 10.5. The smallest absolute Gasteiger partial charge is 0.250 e. The Morgan fingerprint density at radius 3 is 2.79 bits per heavy atom. The van der Waals surface area contributed by atoms with Crippen molar-refractivity contribution in [3.63, 3.8) is 0 Å². The van der Waals surface area contributed by atoms with E-state index in [0.29, 0.717) is 31.1 Å². The predicted octanol–water partition coefficient (Wildman–Crippen LogP) is 1.70. The van der Waals surface area contributed by atoms with Gasteiger partial charge in [0.15, 0.2) is 0 Å². The van der Waals surface area contributed by atoms with Gasteiger partial charge < -0.3 is 9.88 Å². The van der Waals surface area contributed by atoms with E-state index in [9.17, 15) is 18.0 Å². The lowest BCUT2D eigenvalue weighted by Crippen LogP contribution is -2.49. The van der Waals surface area contributed by atoms with Gasteiger partial charge in [0, 0.05) is 42.2 Å². The molecule has 3 aliphatic heterocycles. The molecule has 7 nitrogen and oxygen atoms in total. The number of carbonyl (C=O) groups is 1. The third kappa shape index (κ3) is 2.89. The van der Waals surface area contributed by atoms with Crippen molar-refractivity contribution in [2.45, 2.75) is 28.7 Å². The number of aromatic nitrogens is 1. The van der Waals surface area contributed by atoms with Crippen LogP contribution in [0.4, 0.5) is 5.69 Å². The number of sulfonamides is 1. The molecule has 2 aromatic rings. The molecular weight excluding hydrogens is 398 g/mol. The van der Waals surface area contributed by atoms with Crippen LogP contribution in [-0.2, 0) is 21.4 Å². The van der Waals surface area contributed by atoms with Crippen LogP contribution in [0, 0.1) is 5.92 Å². The Morgan fingerprint density at radius 1 is 1.07 bits per heavy atom. The first kappa shape index (κ1) is 18.0. The van der Waals surface area contributed by atoms with Crippen molar-refractivity contribution in [3.8, 4) is 0 Å². The van der Waals surface area contributed by atoms with Crippen LogP contribution in [0.25, 0.3) is 0 Å². The van der Waals surface area contributed by atoms with Gasteiger partial charge in [0.25, 0.3) is 5.56 Å². The highest BCUT2D eigenvalue weighted by atomic mass is 32.2. The molecule has 3 aliphatic rings. The lowest BCUT2D eigenvalue weighted by Gasteiger charge is -2.42. The summed E-state index contributed by atoms with van der Waals surface area (Å²) in [6, 6.07) is 10.1. The quantitative estimate of drug-likeness (QED) is 0.804. The molecule has 4 heterocycles. The van der Waals surface area contributed by atoms with E-state index < -0.39 is 10.0 Å². The van der Waals surface area contributed by atoms with Crippen LogP contribution >= 0.6 is 11.8 Å². The number of pyridine rings is 1. The number of anilines is 1. The molecule has 28 heavy (non-hydrogen) atoms. The Labute approximate surface area is 166 Å². The van der Waals surface area contributed by atoms with E-state index in [1.165, 1.54) is 16.1 Å². The molecule has 0 saturated carbocycles. The molecule has 1 fully saturated rings. The molecule has 5 rings (SSSR count). The van der Waals surface area contributed by atoms with Crippen molar-refractivity contribution in [1.29, 1.82) is 0 Å². The minimum Gasteiger partial charge on any atom is -0.324 e. The molecule has 1 N–H and O–H groups in total. The molecular formula is C19H19N3O4S2. The summed E-state index contributed by atoms with van der Waals surface area (Å²) in [5.41, 5.74) is 1.45.